The van der Waals surface area contributed by atoms with E-state index in [0.717, 1.165) is 18.2 Å². The first-order chi connectivity index (χ1) is 29.0. The zero-order valence-electron chi connectivity index (χ0n) is 33.9. The zero-order valence-corrected chi connectivity index (χ0v) is 34.8. The van der Waals surface area contributed by atoms with Crippen molar-refractivity contribution >= 4 is 44.4 Å². The molecule has 0 bridgehead atoms. The van der Waals surface area contributed by atoms with E-state index in [0.29, 0.717) is 30.7 Å². The molecule has 3 heterocycles. The number of alkyl halides is 1. The van der Waals surface area contributed by atoms with Crippen LogP contribution in [0.2, 0.25) is 0 Å². The van der Waals surface area contributed by atoms with Gasteiger partial charge >= 0.3 is 0 Å². The van der Waals surface area contributed by atoms with E-state index < -0.39 is 104 Å². The van der Waals surface area contributed by atoms with Crippen LogP contribution in [0.15, 0.2) is 48.7 Å². The fourth-order valence-corrected chi connectivity index (χ4v) is 9.83. The van der Waals surface area contributed by atoms with Crippen LogP contribution in [0.25, 0.3) is 10.8 Å². The predicted molar refractivity (Wildman–Crippen MR) is 212 cm³/mol. The van der Waals surface area contributed by atoms with E-state index in [4.69, 9.17) is 14.2 Å². The lowest BCUT2D eigenvalue weighted by Gasteiger charge is -2.33. The summed E-state index contributed by atoms with van der Waals surface area (Å²) in [6, 6.07) is 2.17. The van der Waals surface area contributed by atoms with Gasteiger partial charge in [-0.25, -0.2) is 31.0 Å². The number of hydrogen-bond donors (Lipinski definition) is 3. The molecule has 61 heavy (non-hydrogen) atoms. The Balaban J connectivity index is 1.26. The summed E-state index contributed by atoms with van der Waals surface area (Å²) in [5.41, 5.74) is -2.30. The zero-order chi connectivity index (χ0) is 44.0. The van der Waals surface area contributed by atoms with Crippen LogP contribution in [0.4, 0.5) is 17.6 Å². The topological polar surface area (TPSA) is 182 Å². The Labute approximate surface area is 349 Å². The lowest BCUT2D eigenvalue weighted by atomic mass is 9.87. The van der Waals surface area contributed by atoms with Crippen LogP contribution in [0.5, 0.6) is 17.4 Å². The second-order valence-electron chi connectivity index (χ2n) is 16.6. The van der Waals surface area contributed by atoms with Gasteiger partial charge in [0.1, 0.15) is 52.5 Å². The summed E-state index contributed by atoms with van der Waals surface area (Å²) >= 11 is 0. The molecule has 2 aliphatic carbocycles. The molecule has 2 saturated carbocycles. The van der Waals surface area contributed by atoms with E-state index in [1.165, 1.54) is 31.4 Å². The minimum Gasteiger partial charge on any atom is -0.494 e. The average Bonchev–Trinajstić information content (AvgIpc) is 4.12. The van der Waals surface area contributed by atoms with Gasteiger partial charge in [-0.15, -0.1) is 0 Å². The fraction of sp³-hybridized carbons (Fsp3) is 0.500. The van der Waals surface area contributed by atoms with Crippen LogP contribution < -0.4 is 29.6 Å². The van der Waals surface area contributed by atoms with E-state index in [9.17, 15) is 40.8 Å². The molecule has 14 nitrogen and oxygen atoms in total. The number of aromatic nitrogens is 1. The van der Waals surface area contributed by atoms with Crippen LogP contribution >= 0.6 is 0 Å². The average molecular weight is 874 g/mol. The molecule has 0 radical (unpaired) electrons. The Morgan fingerprint density at radius 2 is 1.74 bits per heavy atom. The number of carbonyl (C=O) groups is 4. The maximum atomic E-state index is 15.1. The number of methoxy groups -OCH3 is 2. The SMILES string of the molecule is COc1cc2c(OC)cnc(O[C@@H]3C[C@H]4C(=O)N[C@]5(C(=O)NS(=O)(=O)C6(CF)CC6)C[C@H]5/C=C\CC[C@@H](C)C[C@@H](C)[C@H](NC(=O)c5ccc(F)cc5F)C(=O)N4C3)c2cc1F. The fourth-order valence-electron chi connectivity index (χ4n) is 8.40. The first-order valence-electron chi connectivity index (χ1n) is 20.0. The van der Waals surface area contributed by atoms with Gasteiger partial charge in [-0.05, 0) is 74.6 Å². The van der Waals surface area contributed by atoms with E-state index in [-0.39, 0.29) is 60.9 Å². The highest BCUT2D eigenvalue weighted by molar-refractivity contribution is 7.91. The molecule has 19 heteroatoms. The Morgan fingerprint density at radius 3 is 2.41 bits per heavy atom. The summed E-state index contributed by atoms with van der Waals surface area (Å²) in [5, 5.41) is 5.91. The Morgan fingerprint density at radius 1 is 1.00 bits per heavy atom. The molecule has 1 saturated heterocycles. The van der Waals surface area contributed by atoms with E-state index in [1.807, 2.05) is 17.7 Å². The van der Waals surface area contributed by atoms with Crippen molar-refractivity contribution in [2.45, 2.75) is 87.3 Å². The second-order valence-corrected chi connectivity index (χ2v) is 18.6. The van der Waals surface area contributed by atoms with Gasteiger partial charge < -0.3 is 29.7 Å². The number of amides is 4. The van der Waals surface area contributed by atoms with Gasteiger partial charge in [-0.2, -0.15) is 0 Å². The molecular formula is C42H47F4N5O9S. The smallest absolute Gasteiger partial charge is 0.259 e. The molecule has 0 unspecified atom stereocenters. The lowest BCUT2D eigenvalue weighted by Crippen LogP contribution is -2.59. The summed E-state index contributed by atoms with van der Waals surface area (Å²) in [6.45, 7) is 2.18. The summed E-state index contributed by atoms with van der Waals surface area (Å²) in [5.74, 6) is -7.65. The minimum absolute atomic E-state index is 0.00506. The van der Waals surface area contributed by atoms with Gasteiger partial charge in [0.15, 0.2) is 11.6 Å². The highest BCUT2D eigenvalue weighted by Crippen LogP contribution is 2.48. The third kappa shape index (κ3) is 8.44. The summed E-state index contributed by atoms with van der Waals surface area (Å²) in [6.07, 6.45) is 5.23. The second kappa shape index (κ2) is 16.8. The van der Waals surface area contributed by atoms with Crippen molar-refractivity contribution in [1.82, 2.24) is 25.2 Å². The molecule has 1 aromatic heterocycles. The van der Waals surface area contributed by atoms with Gasteiger partial charge in [0, 0.05) is 23.8 Å². The number of ether oxygens (including phenoxy) is 3. The molecule has 0 spiro atoms. The molecule has 2 aromatic carbocycles. The molecule has 3 aromatic rings. The number of nitrogens with one attached hydrogen (secondary N) is 3. The highest BCUT2D eigenvalue weighted by Gasteiger charge is 2.64. The number of fused-ring (bicyclic) bond motifs is 3. The number of pyridine rings is 1. The molecule has 2 aliphatic heterocycles. The Hall–Kier alpha value is -5.46. The number of allylic oxidation sites excluding steroid dienone is 1. The first-order valence-corrected chi connectivity index (χ1v) is 21.5. The van der Waals surface area contributed by atoms with E-state index >= 15 is 4.39 Å². The van der Waals surface area contributed by atoms with Gasteiger partial charge in [0.05, 0.1) is 37.9 Å². The molecule has 7 rings (SSSR count). The Kier molecular flexibility index (Phi) is 12.0. The highest BCUT2D eigenvalue weighted by atomic mass is 32.2. The van der Waals surface area contributed by atoms with Crippen molar-refractivity contribution < 1.29 is 59.4 Å². The lowest BCUT2D eigenvalue weighted by molar-refractivity contribution is -0.142. The van der Waals surface area contributed by atoms with Crippen LogP contribution in [-0.4, -0.2) is 97.8 Å². The molecular weight excluding hydrogens is 827 g/mol. The van der Waals surface area contributed by atoms with Gasteiger partial charge in [-0.1, -0.05) is 26.0 Å². The van der Waals surface area contributed by atoms with Crippen LogP contribution in [0, 0.1) is 35.2 Å². The monoisotopic (exact) mass is 873 g/mol. The predicted octanol–water partition coefficient (Wildman–Crippen LogP) is 4.65. The standard InChI is InChI=1S/C42H47F4N5O9S/c1-22-7-5-6-8-24-18-42(24,40(55)50-61(56,57)41(21-43)11-12-41)49-37(53)32-15-26(60-38-29-16-31(46)33(58-3)17-28(29)34(59-4)19-47-38)20-51(32)39(54)35(23(2)13-22)48-36(52)27-10-9-25(44)14-30(27)45/h6,8-10,14,16-17,19,22-24,26,32,35H,5,7,11-13,15,18,20-21H2,1-4H3,(H,48,52)(H,49,53)(H,50,55)/b8-6-/t22-,23-,24-,26-,32+,35+,42-/m1/s1. The van der Waals surface area contributed by atoms with Crippen LogP contribution in [-0.2, 0) is 24.4 Å². The number of halogens is 4. The maximum absolute atomic E-state index is 15.1. The van der Waals surface area contributed by atoms with Gasteiger partial charge in [0.25, 0.3) is 11.8 Å². The molecule has 7 atom stereocenters. The minimum atomic E-state index is -4.48. The largest absolute Gasteiger partial charge is 0.494 e. The van der Waals surface area contributed by atoms with Crippen molar-refractivity contribution in [3.05, 3.63) is 71.7 Å². The van der Waals surface area contributed by atoms with Crippen molar-refractivity contribution in [2.24, 2.45) is 17.8 Å². The summed E-state index contributed by atoms with van der Waals surface area (Å²) in [7, 11) is -1.78. The van der Waals surface area contributed by atoms with Crippen molar-refractivity contribution in [3.8, 4) is 17.4 Å². The number of nitrogens with zero attached hydrogens (tertiary/aromatic N) is 2. The number of benzene rings is 2. The molecule has 4 amide bonds. The van der Waals surface area contributed by atoms with Gasteiger partial charge in [-0.3, -0.25) is 23.9 Å². The summed E-state index contributed by atoms with van der Waals surface area (Å²) in [4.78, 5) is 62.5. The summed E-state index contributed by atoms with van der Waals surface area (Å²) < 4.78 is 101. The number of hydrogen-bond acceptors (Lipinski definition) is 10. The molecule has 3 N–H and O–H groups in total. The van der Waals surface area contributed by atoms with E-state index in [1.54, 1.807) is 13.0 Å². The first kappa shape index (κ1) is 43.6. The third-order valence-electron chi connectivity index (χ3n) is 12.3. The molecule has 328 valence electrons. The quantitative estimate of drug-likeness (QED) is 0.192. The molecule has 4 aliphatic rings. The normalized spacial score (nSPS) is 28.0. The van der Waals surface area contributed by atoms with E-state index in [2.05, 4.69) is 15.6 Å². The van der Waals surface area contributed by atoms with Crippen molar-refractivity contribution in [2.75, 3.05) is 27.4 Å². The Bertz CT molecular complexity index is 2400. The van der Waals surface area contributed by atoms with Crippen molar-refractivity contribution in [3.63, 3.8) is 0 Å². The number of rotatable bonds is 10. The molecule has 3 fully saturated rings. The third-order valence-corrected chi connectivity index (χ3v) is 14.4. The maximum Gasteiger partial charge on any atom is 0.259 e. The van der Waals surface area contributed by atoms with Gasteiger partial charge in [0.2, 0.25) is 27.7 Å². The number of carbonyl (C=O) groups excluding carboxylic acids is 4. The number of sulfonamides is 1. The van der Waals surface area contributed by atoms with Crippen LogP contribution in [0.3, 0.4) is 0 Å². The van der Waals surface area contributed by atoms with Crippen LogP contribution in [0.1, 0.15) is 69.2 Å². The van der Waals surface area contributed by atoms with Crippen molar-refractivity contribution in [1.29, 1.82) is 0 Å².